The van der Waals surface area contributed by atoms with Crippen molar-refractivity contribution in [2.75, 3.05) is 33.3 Å². The van der Waals surface area contributed by atoms with Crippen LogP contribution in [0.25, 0.3) is 0 Å². The molecule has 1 saturated heterocycles. The number of esters is 1. The second kappa shape index (κ2) is 6.21. The molecule has 22 heavy (non-hydrogen) atoms. The molecule has 7 nitrogen and oxygen atoms in total. The molecule has 1 aromatic rings. The lowest BCUT2D eigenvalue weighted by molar-refractivity contribution is -0.130. The Morgan fingerprint density at radius 1 is 1.05 bits per heavy atom. The zero-order valence-corrected chi connectivity index (χ0v) is 13.4. The molecular formula is C15H21N3O4. The van der Waals surface area contributed by atoms with Gasteiger partial charge in [0.15, 0.2) is 0 Å². The Bertz CT molecular complexity index is 613. The number of amides is 2. The van der Waals surface area contributed by atoms with Crippen LogP contribution in [0.3, 0.4) is 0 Å². The third-order valence-electron chi connectivity index (χ3n) is 4.05. The van der Waals surface area contributed by atoms with Crippen LogP contribution in [0.2, 0.25) is 0 Å². The first-order valence-corrected chi connectivity index (χ1v) is 7.19. The summed E-state index contributed by atoms with van der Waals surface area (Å²) in [6, 6.07) is 0. The number of aryl methyl sites for hydroxylation is 1. The number of nitrogens with one attached hydrogen (secondary N) is 1. The minimum atomic E-state index is -0.452. The number of carbonyl (C=O) groups excluding carboxylic acids is 3. The molecule has 0 aliphatic carbocycles. The zero-order chi connectivity index (χ0) is 16.4. The van der Waals surface area contributed by atoms with Gasteiger partial charge in [-0.1, -0.05) is 0 Å². The van der Waals surface area contributed by atoms with E-state index in [0.717, 1.165) is 0 Å². The SMILES string of the molecule is COC(=O)c1c(C)[nH]c(C(=O)N2CCN(C(C)=O)CC2)c1C. The third-order valence-corrected chi connectivity index (χ3v) is 4.05. The smallest absolute Gasteiger partial charge is 0.339 e. The fourth-order valence-electron chi connectivity index (χ4n) is 2.75. The molecule has 7 heteroatoms. The fraction of sp³-hybridized carbons (Fsp3) is 0.533. The molecule has 0 aromatic carbocycles. The highest BCUT2D eigenvalue weighted by molar-refractivity contribution is 6.00. The summed E-state index contributed by atoms with van der Waals surface area (Å²) in [6.45, 7) is 7.04. The van der Waals surface area contributed by atoms with Gasteiger partial charge in [-0.05, 0) is 19.4 Å². The van der Waals surface area contributed by atoms with Gasteiger partial charge in [0.25, 0.3) is 5.91 Å². The second-order valence-electron chi connectivity index (χ2n) is 5.41. The lowest BCUT2D eigenvalue weighted by Gasteiger charge is -2.34. The van der Waals surface area contributed by atoms with Gasteiger partial charge in [-0.25, -0.2) is 4.79 Å². The van der Waals surface area contributed by atoms with Gasteiger partial charge in [-0.15, -0.1) is 0 Å². The van der Waals surface area contributed by atoms with E-state index in [2.05, 4.69) is 4.98 Å². The summed E-state index contributed by atoms with van der Waals surface area (Å²) in [5, 5.41) is 0. The molecule has 0 radical (unpaired) electrons. The lowest BCUT2D eigenvalue weighted by Crippen LogP contribution is -2.50. The van der Waals surface area contributed by atoms with Crippen LogP contribution in [-0.2, 0) is 9.53 Å². The van der Waals surface area contributed by atoms with Crippen LogP contribution in [0, 0.1) is 13.8 Å². The number of rotatable bonds is 2. The number of methoxy groups -OCH3 is 1. The van der Waals surface area contributed by atoms with E-state index in [4.69, 9.17) is 4.74 Å². The standard InChI is InChI=1S/C15H21N3O4/c1-9-12(15(21)22-4)10(2)16-13(9)14(20)18-7-5-17(6-8-18)11(3)19/h16H,5-8H2,1-4H3. The molecule has 0 unspecified atom stereocenters. The molecule has 0 spiro atoms. The maximum Gasteiger partial charge on any atom is 0.339 e. The molecule has 1 aliphatic rings. The van der Waals surface area contributed by atoms with Crippen LogP contribution in [-0.4, -0.2) is 65.9 Å². The van der Waals surface area contributed by atoms with E-state index in [0.29, 0.717) is 48.7 Å². The molecule has 1 fully saturated rings. The third kappa shape index (κ3) is 2.84. The molecule has 1 aliphatic heterocycles. The number of hydrogen-bond donors (Lipinski definition) is 1. The summed E-state index contributed by atoms with van der Waals surface area (Å²) in [7, 11) is 1.32. The summed E-state index contributed by atoms with van der Waals surface area (Å²) in [6.07, 6.45) is 0. The average molecular weight is 307 g/mol. The second-order valence-corrected chi connectivity index (χ2v) is 5.41. The molecule has 120 valence electrons. The van der Waals surface area contributed by atoms with Crippen molar-refractivity contribution in [3.05, 3.63) is 22.5 Å². The summed E-state index contributed by atoms with van der Waals surface area (Å²) >= 11 is 0. The topological polar surface area (TPSA) is 82.7 Å². The van der Waals surface area contributed by atoms with Crippen LogP contribution in [0.15, 0.2) is 0 Å². The van der Waals surface area contributed by atoms with E-state index in [1.807, 2.05) is 0 Å². The highest BCUT2D eigenvalue weighted by atomic mass is 16.5. The summed E-state index contributed by atoms with van der Waals surface area (Å²) in [5.41, 5.74) is 2.04. The number of carbonyl (C=O) groups is 3. The number of aromatic amines is 1. The highest BCUT2D eigenvalue weighted by Crippen LogP contribution is 2.20. The Hall–Kier alpha value is -2.31. The van der Waals surface area contributed by atoms with Crippen molar-refractivity contribution in [1.29, 1.82) is 0 Å². The van der Waals surface area contributed by atoms with Crippen LogP contribution in [0.5, 0.6) is 0 Å². The van der Waals surface area contributed by atoms with E-state index in [1.54, 1.807) is 23.6 Å². The van der Waals surface area contributed by atoms with Gasteiger partial charge >= 0.3 is 5.97 Å². The van der Waals surface area contributed by atoms with Crippen molar-refractivity contribution in [3.63, 3.8) is 0 Å². The van der Waals surface area contributed by atoms with E-state index >= 15 is 0 Å². The minimum absolute atomic E-state index is 0.0203. The number of ether oxygens (including phenoxy) is 1. The molecule has 0 atom stereocenters. The van der Waals surface area contributed by atoms with Gasteiger partial charge in [0, 0.05) is 38.8 Å². The average Bonchev–Trinajstić information content (AvgIpc) is 2.80. The summed E-state index contributed by atoms with van der Waals surface area (Å²) in [5.74, 6) is -0.586. The van der Waals surface area contributed by atoms with Gasteiger partial charge in [0.2, 0.25) is 5.91 Å². The van der Waals surface area contributed by atoms with Gasteiger partial charge < -0.3 is 19.5 Å². The van der Waals surface area contributed by atoms with Crippen molar-refractivity contribution in [2.45, 2.75) is 20.8 Å². The molecule has 2 rings (SSSR count). The Morgan fingerprint density at radius 2 is 1.59 bits per heavy atom. The van der Waals surface area contributed by atoms with Gasteiger partial charge in [-0.3, -0.25) is 9.59 Å². The maximum absolute atomic E-state index is 12.6. The van der Waals surface area contributed by atoms with Gasteiger partial charge in [-0.2, -0.15) is 0 Å². The zero-order valence-electron chi connectivity index (χ0n) is 13.4. The van der Waals surface area contributed by atoms with E-state index in [-0.39, 0.29) is 11.8 Å². The fourth-order valence-corrected chi connectivity index (χ4v) is 2.75. The first-order valence-electron chi connectivity index (χ1n) is 7.19. The summed E-state index contributed by atoms with van der Waals surface area (Å²) in [4.78, 5) is 42.1. The molecule has 2 heterocycles. The van der Waals surface area contributed by atoms with Crippen LogP contribution < -0.4 is 0 Å². The Morgan fingerprint density at radius 3 is 2.09 bits per heavy atom. The van der Waals surface area contributed by atoms with E-state index < -0.39 is 5.97 Å². The Labute approximate surface area is 129 Å². The molecular weight excluding hydrogens is 286 g/mol. The van der Waals surface area contributed by atoms with Crippen molar-refractivity contribution in [3.8, 4) is 0 Å². The molecule has 2 amide bonds. The first kappa shape index (κ1) is 16.1. The molecule has 0 bridgehead atoms. The largest absolute Gasteiger partial charge is 0.465 e. The Balaban J connectivity index is 2.18. The maximum atomic E-state index is 12.6. The molecule has 1 N–H and O–H groups in total. The number of piperazine rings is 1. The molecule has 0 saturated carbocycles. The summed E-state index contributed by atoms with van der Waals surface area (Å²) < 4.78 is 4.75. The number of hydrogen-bond acceptors (Lipinski definition) is 4. The van der Waals surface area contributed by atoms with Gasteiger partial charge in [0.05, 0.1) is 12.7 Å². The minimum Gasteiger partial charge on any atom is -0.465 e. The van der Waals surface area contributed by atoms with Crippen molar-refractivity contribution in [1.82, 2.24) is 14.8 Å². The normalized spacial score (nSPS) is 14.9. The van der Waals surface area contributed by atoms with Crippen molar-refractivity contribution >= 4 is 17.8 Å². The molecule has 1 aromatic heterocycles. The van der Waals surface area contributed by atoms with E-state index in [9.17, 15) is 14.4 Å². The van der Waals surface area contributed by atoms with Crippen LogP contribution in [0.1, 0.15) is 39.0 Å². The quantitative estimate of drug-likeness (QED) is 0.816. The monoisotopic (exact) mass is 307 g/mol. The Kier molecular flexibility index (Phi) is 4.54. The highest BCUT2D eigenvalue weighted by Gasteiger charge is 2.28. The first-order chi connectivity index (χ1) is 10.4. The van der Waals surface area contributed by atoms with Crippen molar-refractivity contribution < 1.29 is 19.1 Å². The van der Waals surface area contributed by atoms with Crippen LogP contribution in [0.4, 0.5) is 0 Å². The number of H-pyrrole nitrogens is 1. The van der Waals surface area contributed by atoms with Gasteiger partial charge in [0.1, 0.15) is 5.69 Å². The number of aromatic nitrogens is 1. The predicted molar refractivity (Wildman–Crippen MR) is 79.8 cm³/mol. The van der Waals surface area contributed by atoms with Crippen LogP contribution >= 0.6 is 0 Å². The van der Waals surface area contributed by atoms with Crippen molar-refractivity contribution in [2.24, 2.45) is 0 Å². The predicted octanol–water partition coefficient (Wildman–Crippen LogP) is 0.722. The lowest BCUT2D eigenvalue weighted by atomic mass is 10.1. The van der Waals surface area contributed by atoms with E-state index in [1.165, 1.54) is 14.0 Å². The number of nitrogens with zero attached hydrogens (tertiary/aromatic N) is 2.